The molecule has 4 heteroatoms. The van der Waals surface area contributed by atoms with Gasteiger partial charge in [-0.3, -0.25) is 4.98 Å². The van der Waals surface area contributed by atoms with Crippen molar-refractivity contribution < 1.29 is 4.74 Å². The Hall–Kier alpha value is -2.10. The third-order valence-corrected chi connectivity index (χ3v) is 2.39. The molecule has 94 valence electrons. The molecule has 0 saturated carbocycles. The number of anilines is 1. The molecular weight excluding hydrogens is 226 g/mol. The predicted octanol–water partition coefficient (Wildman–Crippen LogP) is 2.88. The number of nitrogens with zero attached hydrogens (tertiary/aromatic N) is 2. The van der Waals surface area contributed by atoms with Crippen LogP contribution in [0, 0.1) is 0 Å². The Morgan fingerprint density at radius 3 is 2.61 bits per heavy atom. The second-order valence-electron chi connectivity index (χ2n) is 3.92. The van der Waals surface area contributed by atoms with Gasteiger partial charge >= 0.3 is 0 Å². The maximum absolute atomic E-state index is 5.59. The van der Waals surface area contributed by atoms with Gasteiger partial charge in [0.2, 0.25) is 0 Å². The summed E-state index contributed by atoms with van der Waals surface area (Å²) in [5.41, 5.74) is 0.820. The number of ether oxygens (including phenoxy) is 1. The third-order valence-electron chi connectivity index (χ3n) is 2.39. The zero-order chi connectivity index (χ0) is 12.6. The number of rotatable bonds is 6. The lowest BCUT2D eigenvalue weighted by Crippen LogP contribution is -2.04. The van der Waals surface area contributed by atoms with E-state index in [1.807, 2.05) is 30.3 Å². The lowest BCUT2D eigenvalue weighted by atomic mass is 10.3. The SMILES string of the molecule is CCCNc1cnc(COc2ccccc2)cn1. The van der Waals surface area contributed by atoms with E-state index in [0.717, 1.165) is 30.2 Å². The first-order valence-corrected chi connectivity index (χ1v) is 6.11. The van der Waals surface area contributed by atoms with E-state index < -0.39 is 0 Å². The highest BCUT2D eigenvalue weighted by Crippen LogP contribution is 2.10. The van der Waals surface area contributed by atoms with Crippen LogP contribution in [0.15, 0.2) is 42.7 Å². The van der Waals surface area contributed by atoms with Crippen LogP contribution in [-0.2, 0) is 6.61 Å². The third kappa shape index (κ3) is 3.73. The standard InChI is InChI=1S/C14H17N3O/c1-2-8-15-14-10-16-12(9-17-14)11-18-13-6-4-3-5-7-13/h3-7,9-10H,2,8,11H2,1H3,(H,15,17). The molecule has 0 saturated heterocycles. The Morgan fingerprint density at radius 2 is 1.94 bits per heavy atom. The molecule has 0 radical (unpaired) electrons. The highest BCUT2D eigenvalue weighted by molar-refractivity contribution is 5.30. The summed E-state index contributed by atoms with van der Waals surface area (Å²) in [5.74, 6) is 1.65. The summed E-state index contributed by atoms with van der Waals surface area (Å²) in [5, 5.41) is 3.18. The maximum Gasteiger partial charge on any atom is 0.144 e. The van der Waals surface area contributed by atoms with Crippen LogP contribution < -0.4 is 10.1 Å². The number of hydrogen-bond donors (Lipinski definition) is 1. The molecule has 2 rings (SSSR count). The topological polar surface area (TPSA) is 47.0 Å². The average molecular weight is 243 g/mol. The van der Waals surface area contributed by atoms with E-state index in [1.54, 1.807) is 12.4 Å². The van der Waals surface area contributed by atoms with E-state index in [-0.39, 0.29) is 0 Å². The van der Waals surface area contributed by atoms with Gasteiger partial charge in [-0.05, 0) is 18.6 Å². The van der Waals surface area contributed by atoms with E-state index in [0.29, 0.717) is 6.61 Å². The number of para-hydroxylation sites is 1. The van der Waals surface area contributed by atoms with Crippen molar-refractivity contribution in [3.05, 3.63) is 48.4 Å². The van der Waals surface area contributed by atoms with Crippen molar-refractivity contribution in [2.24, 2.45) is 0 Å². The average Bonchev–Trinajstić information content (AvgIpc) is 2.45. The van der Waals surface area contributed by atoms with Crippen LogP contribution in [0.3, 0.4) is 0 Å². The number of benzene rings is 1. The Labute approximate surface area is 107 Å². The first-order chi connectivity index (χ1) is 8.88. The van der Waals surface area contributed by atoms with Crippen molar-refractivity contribution in [2.45, 2.75) is 20.0 Å². The zero-order valence-electron chi connectivity index (χ0n) is 10.5. The van der Waals surface area contributed by atoms with Crippen LogP contribution in [-0.4, -0.2) is 16.5 Å². The van der Waals surface area contributed by atoms with Crippen molar-refractivity contribution in [3.8, 4) is 5.75 Å². The van der Waals surface area contributed by atoms with Gasteiger partial charge in [-0.1, -0.05) is 25.1 Å². The first-order valence-electron chi connectivity index (χ1n) is 6.11. The molecule has 0 fully saturated rings. The lowest BCUT2D eigenvalue weighted by Gasteiger charge is -2.06. The monoisotopic (exact) mass is 243 g/mol. The quantitative estimate of drug-likeness (QED) is 0.847. The minimum Gasteiger partial charge on any atom is -0.487 e. The van der Waals surface area contributed by atoms with Gasteiger partial charge in [0.25, 0.3) is 0 Å². The summed E-state index contributed by atoms with van der Waals surface area (Å²) in [6.07, 6.45) is 4.54. The number of hydrogen-bond acceptors (Lipinski definition) is 4. The molecular formula is C14H17N3O. The van der Waals surface area contributed by atoms with Gasteiger partial charge in [-0.15, -0.1) is 0 Å². The number of aromatic nitrogens is 2. The van der Waals surface area contributed by atoms with Crippen molar-refractivity contribution in [2.75, 3.05) is 11.9 Å². The minimum atomic E-state index is 0.436. The van der Waals surface area contributed by atoms with Crippen LogP contribution in [0.1, 0.15) is 19.0 Å². The van der Waals surface area contributed by atoms with Crippen molar-refractivity contribution in [3.63, 3.8) is 0 Å². The second-order valence-corrected chi connectivity index (χ2v) is 3.92. The maximum atomic E-state index is 5.59. The molecule has 1 N–H and O–H groups in total. The molecule has 4 nitrogen and oxygen atoms in total. The van der Waals surface area contributed by atoms with E-state index in [4.69, 9.17) is 4.74 Å². The normalized spacial score (nSPS) is 10.1. The Bertz CT molecular complexity index is 456. The number of nitrogens with one attached hydrogen (secondary N) is 1. The van der Waals surface area contributed by atoms with E-state index in [9.17, 15) is 0 Å². The summed E-state index contributed by atoms with van der Waals surface area (Å²) >= 11 is 0. The molecule has 0 aliphatic rings. The van der Waals surface area contributed by atoms with E-state index in [2.05, 4.69) is 22.2 Å². The van der Waals surface area contributed by atoms with Gasteiger partial charge in [0.15, 0.2) is 0 Å². The van der Waals surface area contributed by atoms with Crippen LogP contribution in [0.25, 0.3) is 0 Å². The molecule has 2 aromatic rings. The molecule has 1 aromatic carbocycles. The Morgan fingerprint density at radius 1 is 1.11 bits per heavy atom. The molecule has 1 heterocycles. The Balaban J connectivity index is 1.86. The van der Waals surface area contributed by atoms with Gasteiger partial charge in [-0.2, -0.15) is 0 Å². The van der Waals surface area contributed by atoms with Gasteiger partial charge in [-0.25, -0.2) is 4.98 Å². The molecule has 0 amide bonds. The fraction of sp³-hybridized carbons (Fsp3) is 0.286. The molecule has 1 aromatic heterocycles. The Kier molecular flexibility index (Phi) is 4.53. The van der Waals surface area contributed by atoms with Gasteiger partial charge in [0.1, 0.15) is 18.2 Å². The van der Waals surface area contributed by atoms with Crippen molar-refractivity contribution >= 4 is 5.82 Å². The molecule has 0 spiro atoms. The second kappa shape index (κ2) is 6.59. The molecule has 0 aliphatic heterocycles. The highest BCUT2D eigenvalue weighted by Gasteiger charge is 1.98. The van der Waals surface area contributed by atoms with Crippen LogP contribution in [0.4, 0.5) is 5.82 Å². The van der Waals surface area contributed by atoms with Crippen LogP contribution in [0.2, 0.25) is 0 Å². The van der Waals surface area contributed by atoms with E-state index in [1.165, 1.54) is 0 Å². The van der Waals surface area contributed by atoms with Crippen molar-refractivity contribution in [1.29, 1.82) is 0 Å². The van der Waals surface area contributed by atoms with Crippen molar-refractivity contribution in [1.82, 2.24) is 9.97 Å². The van der Waals surface area contributed by atoms with Crippen LogP contribution in [0.5, 0.6) is 5.75 Å². The molecule has 18 heavy (non-hydrogen) atoms. The predicted molar refractivity (Wildman–Crippen MR) is 71.6 cm³/mol. The summed E-state index contributed by atoms with van der Waals surface area (Å²) in [4.78, 5) is 8.57. The fourth-order valence-corrected chi connectivity index (χ4v) is 1.45. The summed E-state index contributed by atoms with van der Waals surface area (Å²) in [7, 11) is 0. The zero-order valence-corrected chi connectivity index (χ0v) is 10.5. The summed E-state index contributed by atoms with van der Waals surface area (Å²) < 4.78 is 5.59. The smallest absolute Gasteiger partial charge is 0.144 e. The van der Waals surface area contributed by atoms with Gasteiger partial charge in [0, 0.05) is 6.54 Å². The van der Waals surface area contributed by atoms with E-state index >= 15 is 0 Å². The summed E-state index contributed by atoms with van der Waals surface area (Å²) in [6.45, 7) is 3.46. The highest BCUT2D eigenvalue weighted by atomic mass is 16.5. The molecule has 0 aliphatic carbocycles. The minimum absolute atomic E-state index is 0.436. The molecule has 0 unspecified atom stereocenters. The van der Waals surface area contributed by atoms with Gasteiger partial charge < -0.3 is 10.1 Å². The summed E-state index contributed by atoms with van der Waals surface area (Å²) in [6, 6.07) is 9.69. The van der Waals surface area contributed by atoms with Crippen LogP contribution >= 0.6 is 0 Å². The molecule has 0 bridgehead atoms. The lowest BCUT2D eigenvalue weighted by molar-refractivity contribution is 0.301. The first kappa shape index (κ1) is 12.4. The fourth-order valence-electron chi connectivity index (χ4n) is 1.45. The largest absolute Gasteiger partial charge is 0.487 e. The molecule has 0 atom stereocenters. The van der Waals surface area contributed by atoms with Gasteiger partial charge in [0.05, 0.1) is 18.1 Å².